The molecule has 0 spiro atoms. The summed E-state index contributed by atoms with van der Waals surface area (Å²) in [6, 6.07) is 3.78. The predicted molar refractivity (Wildman–Crippen MR) is 191 cm³/mol. The third-order valence-corrected chi connectivity index (χ3v) is 3.95. The van der Waals surface area contributed by atoms with E-state index in [1.807, 2.05) is 39.8 Å². The van der Waals surface area contributed by atoms with Crippen LogP contribution in [0.3, 0.4) is 0 Å². The summed E-state index contributed by atoms with van der Waals surface area (Å²) < 4.78 is 4.85. The number of phenolic OH excluding ortho intramolecular Hbond substituents is 1. The SMILES string of the molecule is C#CC#CC#CC#CC#CC#CC#CC#CC#COC(=O)CCc1cc(C)c(O)c(C(C)(C)C)c1.CCC.[HH].[HH].[HH].[HH].[HH].[HH].[HH].[HH].[HH].[HH].[HH].[HH].[HH].[HH].[HH].[HH].[HH].[HH]. The molecule has 1 aromatic carbocycles. The van der Waals surface area contributed by atoms with Crippen molar-refractivity contribution in [3.05, 3.63) is 28.8 Å². The molecule has 1 aromatic rings. The molecule has 0 aliphatic rings. The van der Waals surface area contributed by atoms with Crippen LogP contribution in [0.5, 0.6) is 5.75 Å². The van der Waals surface area contributed by atoms with E-state index in [1.54, 1.807) is 0 Å². The van der Waals surface area contributed by atoms with E-state index >= 15 is 0 Å². The molecule has 0 bridgehead atoms. The van der Waals surface area contributed by atoms with Gasteiger partial charge in [0.2, 0.25) is 0 Å². The van der Waals surface area contributed by atoms with Gasteiger partial charge in [0.25, 0.3) is 0 Å². The van der Waals surface area contributed by atoms with E-state index in [1.165, 1.54) is 6.42 Å². The van der Waals surface area contributed by atoms with E-state index in [9.17, 15) is 9.90 Å². The summed E-state index contributed by atoms with van der Waals surface area (Å²) in [5.41, 5.74) is 2.36. The van der Waals surface area contributed by atoms with Crippen LogP contribution in [0.2, 0.25) is 0 Å². The van der Waals surface area contributed by atoms with Crippen molar-refractivity contribution in [2.24, 2.45) is 0 Å². The van der Waals surface area contributed by atoms with Crippen molar-refractivity contribution < 1.29 is 40.3 Å². The first-order chi connectivity index (χ1) is 18.2. The van der Waals surface area contributed by atoms with Crippen LogP contribution in [0.25, 0.3) is 0 Å². The normalized spacial score (nSPS) is 7.61. The number of rotatable bonds is 3. The fraction of sp³-hybridized carbons (Fsp3) is 0.286. The number of terminal acetylenes is 1. The molecule has 0 heterocycles. The van der Waals surface area contributed by atoms with Crippen LogP contribution < -0.4 is 0 Å². The van der Waals surface area contributed by atoms with Crippen molar-refractivity contribution in [3.8, 4) is 113 Å². The fourth-order valence-electron chi connectivity index (χ4n) is 2.42. The lowest BCUT2D eigenvalue weighted by atomic mass is 9.83. The van der Waals surface area contributed by atoms with Crippen molar-refractivity contribution in [1.29, 1.82) is 0 Å². The molecule has 222 valence electrons. The van der Waals surface area contributed by atoms with E-state index in [0.29, 0.717) is 6.42 Å². The van der Waals surface area contributed by atoms with Crippen LogP contribution in [0.4, 0.5) is 0 Å². The Balaban J connectivity index is -0.0000000371. The Labute approximate surface area is 255 Å². The van der Waals surface area contributed by atoms with Crippen LogP contribution >= 0.6 is 0 Å². The highest BCUT2D eigenvalue weighted by atomic mass is 16.5. The minimum absolute atomic E-state index is 0. The van der Waals surface area contributed by atoms with Crippen LogP contribution in [0, 0.1) is 114 Å². The molecule has 0 radical (unpaired) electrons. The number of hydrogen-bond acceptors (Lipinski definition) is 3. The van der Waals surface area contributed by atoms with Gasteiger partial charge in [-0.3, -0.25) is 4.79 Å². The molecule has 1 rings (SSSR count). The minimum Gasteiger partial charge on any atom is -0.507 e. The maximum atomic E-state index is 11.9. The lowest BCUT2D eigenvalue weighted by molar-refractivity contribution is -0.136. The monoisotopic (exact) mass is 532 g/mol. The summed E-state index contributed by atoms with van der Waals surface area (Å²) in [5, 5.41) is 10.3. The second kappa shape index (κ2) is 19.8. The number of esters is 1. The van der Waals surface area contributed by atoms with Crippen LogP contribution in [0.15, 0.2) is 12.1 Å². The maximum absolute atomic E-state index is 11.9. The fourth-order valence-corrected chi connectivity index (χ4v) is 2.42. The number of carbonyl (C=O) groups excluding carboxylic acids is 1. The molecule has 0 saturated heterocycles. The first-order valence-electron chi connectivity index (χ1n) is 11.7. The van der Waals surface area contributed by atoms with E-state index in [0.717, 1.165) is 16.7 Å². The van der Waals surface area contributed by atoms with Crippen molar-refractivity contribution in [2.45, 2.75) is 66.2 Å². The van der Waals surface area contributed by atoms with Gasteiger partial charge in [0.1, 0.15) is 11.9 Å². The Morgan fingerprint density at radius 3 is 1.68 bits per heavy atom. The molecule has 0 amide bonds. The summed E-state index contributed by atoms with van der Waals surface area (Å²) in [6.45, 7) is 12.2. The lowest BCUT2D eigenvalue weighted by Crippen LogP contribution is -2.13. The van der Waals surface area contributed by atoms with Crippen molar-refractivity contribution in [1.82, 2.24) is 0 Å². The van der Waals surface area contributed by atoms with Crippen molar-refractivity contribution in [3.63, 3.8) is 0 Å². The average Bonchev–Trinajstić information content (AvgIpc) is 2.86. The van der Waals surface area contributed by atoms with Gasteiger partial charge < -0.3 is 9.84 Å². The molecule has 0 fully saturated rings. The molecule has 0 aromatic heterocycles. The van der Waals surface area contributed by atoms with Crippen molar-refractivity contribution in [2.75, 3.05) is 0 Å². The van der Waals surface area contributed by atoms with Crippen LogP contribution in [-0.2, 0) is 21.4 Å². The van der Waals surface area contributed by atoms with Gasteiger partial charge in [0.15, 0.2) is 0 Å². The molecule has 38 heavy (non-hydrogen) atoms. The van der Waals surface area contributed by atoms with Crippen LogP contribution in [0.1, 0.15) is 89.8 Å². The second-order valence-corrected chi connectivity index (χ2v) is 8.36. The summed E-state index contributed by atoms with van der Waals surface area (Å²) in [5.74, 6) is 38.7. The summed E-state index contributed by atoms with van der Waals surface area (Å²) >= 11 is 0. The number of phenols is 1. The third-order valence-electron chi connectivity index (χ3n) is 3.95. The first kappa shape index (κ1) is 32.5. The number of aryl methyl sites for hydroxylation is 2. The Morgan fingerprint density at radius 2 is 1.26 bits per heavy atom. The van der Waals surface area contributed by atoms with E-state index in [-0.39, 0.29) is 43.3 Å². The Kier molecular flexibility index (Phi) is 16.9. The highest BCUT2D eigenvalue weighted by Gasteiger charge is 2.20. The molecule has 0 unspecified atom stereocenters. The second-order valence-electron chi connectivity index (χ2n) is 8.36. The van der Waals surface area contributed by atoms with Gasteiger partial charge in [-0.2, -0.15) is 0 Å². The van der Waals surface area contributed by atoms with Gasteiger partial charge in [0.05, 0.1) is 6.42 Å². The van der Waals surface area contributed by atoms with Gasteiger partial charge >= 0.3 is 5.97 Å². The van der Waals surface area contributed by atoms with Gasteiger partial charge in [-0.05, 0) is 82.8 Å². The first-order valence-corrected chi connectivity index (χ1v) is 11.7. The molecule has 3 heteroatoms. The molecular formula is C35H64O3. The standard InChI is InChI=1S/C32H20O3.C3H8.18H2/c1-6-7-8-9-10-11-12-13-14-15-16-17-18-19-20-21-24-35-30(33)23-22-28-25-27(2)31(34)29(26-28)32(3,4)5;1-3-2;;;;;;;;;;;;;;;;;;/h1,25-26,34H,22-23H2,2-5H3;3H2,1-2H3;18*1H. The van der Waals surface area contributed by atoms with Gasteiger partial charge in [-0.25, -0.2) is 0 Å². The zero-order valence-corrected chi connectivity index (χ0v) is 22.6. The number of benzene rings is 1. The highest BCUT2D eigenvalue weighted by Crippen LogP contribution is 2.34. The number of ether oxygens (including phenoxy) is 1. The molecule has 1 N–H and O–H groups in total. The Hall–Kier alpha value is -5.47. The van der Waals surface area contributed by atoms with E-state index in [2.05, 4.69) is 115 Å². The van der Waals surface area contributed by atoms with Gasteiger partial charge in [-0.1, -0.05) is 53.2 Å². The largest absolute Gasteiger partial charge is 0.507 e. The molecule has 0 atom stereocenters. The predicted octanol–water partition coefficient (Wildman–Crippen LogP) is 8.94. The summed E-state index contributed by atoms with van der Waals surface area (Å²) in [4.78, 5) is 11.9. The Bertz CT molecular complexity index is 1600. The van der Waals surface area contributed by atoms with Crippen LogP contribution in [-0.4, -0.2) is 11.1 Å². The number of carbonyl (C=O) groups is 1. The number of aromatic hydroxyl groups is 1. The summed E-state index contributed by atoms with van der Waals surface area (Å²) in [6.07, 6.45) is 9.05. The third kappa shape index (κ3) is 16.2. The van der Waals surface area contributed by atoms with Gasteiger partial charge in [-0.15, -0.1) is 6.42 Å². The average molecular weight is 533 g/mol. The highest BCUT2D eigenvalue weighted by molar-refractivity contribution is 5.71. The summed E-state index contributed by atoms with van der Waals surface area (Å²) in [7, 11) is 0. The Morgan fingerprint density at radius 1 is 0.842 bits per heavy atom. The molecule has 3 nitrogen and oxygen atoms in total. The van der Waals surface area contributed by atoms with E-state index in [4.69, 9.17) is 11.2 Å². The quantitative estimate of drug-likeness (QED) is 0.312. The van der Waals surface area contributed by atoms with E-state index < -0.39 is 5.97 Å². The number of hydrogen-bond donors (Lipinski definition) is 1. The molecule has 0 aliphatic carbocycles. The molecule has 0 aliphatic heterocycles. The topological polar surface area (TPSA) is 46.5 Å². The minimum atomic E-state index is -0.465. The maximum Gasteiger partial charge on any atom is 0.320 e. The lowest BCUT2D eigenvalue weighted by Gasteiger charge is -2.22. The van der Waals surface area contributed by atoms with Crippen molar-refractivity contribution >= 4 is 5.97 Å². The molecule has 0 saturated carbocycles. The zero-order valence-electron chi connectivity index (χ0n) is 22.6. The van der Waals surface area contributed by atoms with Gasteiger partial charge in [0, 0.05) is 73.0 Å². The smallest absolute Gasteiger partial charge is 0.320 e. The molecular weight excluding hydrogens is 468 g/mol. The zero-order chi connectivity index (χ0) is 28.7.